The van der Waals surface area contributed by atoms with Crippen molar-refractivity contribution in [1.29, 1.82) is 10.5 Å². The molecule has 17 heavy (non-hydrogen) atoms. The van der Waals surface area contributed by atoms with Crippen LogP contribution in [0.25, 0.3) is 0 Å². The van der Waals surface area contributed by atoms with Crippen LogP contribution in [0.3, 0.4) is 0 Å². The van der Waals surface area contributed by atoms with Crippen molar-refractivity contribution in [3.05, 3.63) is 23.8 Å². The van der Waals surface area contributed by atoms with Gasteiger partial charge in [-0.05, 0) is 11.6 Å². The second kappa shape index (κ2) is 6.40. The minimum Gasteiger partial charge on any atom is -0.497 e. The SMILES string of the molecule is COc1ccc(C(CC#N)CC#N)c(OC)c1. The summed E-state index contributed by atoms with van der Waals surface area (Å²) in [7, 11) is 3.14. The topological polar surface area (TPSA) is 66.0 Å². The summed E-state index contributed by atoms with van der Waals surface area (Å²) in [6.07, 6.45) is 0.604. The first-order valence-corrected chi connectivity index (χ1v) is 5.22. The number of methoxy groups -OCH3 is 2. The van der Waals surface area contributed by atoms with Gasteiger partial charge in [-0.25, -0.2) is 0 Å². The summed E-state index contributed by atoms with van der Waals surface area (Å²) in [5, 5.41) is 17.5. The number of benzene rings is 1. The summed E-state index contributed by atoms with van der Waals surface area (Å²) >= 11 is 0. The van der Waals surface area contributed by atoms with Crippen LogP contribution in [0.1, 0.15) is 24.3 Å². The van der Waals surface area contributed by atoms with Crippen molar-refractivity contribution in [3.63, 3.8) is 0 Å². The fourth-order valence-electron chi connectivity index (χ4n) is 1.67. The molecule has 0 aliphatic carbocycles. The van der Waals surface area contributed by atoms with Crippen molar-refractivity contribution in [2.24, 2.45) is 0 Å². The Morgan fingerprint density at radius 3 is 2.24 bits per heavy atom. The number of nitrogens with zero attached hydrogens (tertiary/aromatic N) is 2. The van der Waals surface area contributed by atoms with Crippen LogP contribution < -0.4 is 9.47 Å². The Labute approximate surface area is 101 Å². The highest BCUT2D eigenvalue weighted by Crippen LogP contribution is 2.33. The molecule has 0 aliphatic rings. The second-order valence-electron chi connectivity index (χ2n) is 3.53. The van der Waals surface area contributed by atoms with Crippen molar-refractivity contribution in [2.75, 3.05) is 14.2 Å². The normalized spacial score (nSPS) is 9.47. The van der Waals surface area contributed by atoms with E-state index in [1.807, 2.05) is 6.07 Å². The van der Waals surface area contributed by atoms with E-state index < -0.39 is 0 Å². The van der Waals surface area contributed by atoms with Gasteiger partial charge < -0.3 is 9.47 Å². The number of nitriles is 2. The zero-order chi connectivity index (χ0) is 12.7. The van der Waals surface area contributed by atoms with Gasteiger partial charge in [0.1, 0.15) is 11.5 Å². The zero-order valence-electron chi connectivity index (χ0n) is 9.93. The highest BCUT2D eigenvalue weighted by molar-refractivity contribution is 5.43. The Bertz CT molecular complexity index is 441. The van der Waals surface area contributed by atoms with E-state index in [-0.39, 0.29) is 5.92 Å². The second-order valence-corrected chi connectivity index (χ2v) is 3.53. The molecule has 0 spiro atoms. The molecule has 0 saturated heterocycles. The summed E-state index contributed by atoms with van der Waals surface area (Å²) in [5.41, 5.74) is 0.872. The van der Waals surface area contributed by atoms with E-state index in [0.29, 0.717) is 24.3 Å². The number of hydrogen-bond donors (Lipinski definition) is 0. The van der Waals surface area contributed by atoms with Crippen LogP contribution in [0.5, 0.6) is 11.5 Å². The van der Waals surface area contributed by atoms with Crippen LogP contribution in [0.2, 0.25) is 0 Å². The summed E-state index contributed by atoms with van der Waals surface area (Å²) in [6, 6.07) is 9.60. The van der Waals surface area contributed by atoms with Gasteiger partial charge >= 0.3 is 0 Å². The maximum Gasteiger partial charge on any atom is 0.126 e. The predicted octanol–water partition coefficient (Wildman–Crippen LogP) is 2.61. The number of rotatable bonds is 5. The van der Waals surface area contributed by atoms with Gasteiger partial charge in [-0.15, -0.1) is 0 Å². The largest absolute Gasteiger partial charge is 0.497 e. The van der Waals surface area contributed by atoms with E-state index in [4.69, 9.17) is 20.0 Å². The Morgan fingerprint density at radius 1 is 1.12 bits per heavy atom. The molecule has 1 aromatic rings. The molecule has 88 valence electrons. The molecule has 1 rings (SSSR count). The van der Waals surface area contributed by atoms with Crippen LogP contribution in [0, 0.1) is 22.7 Å². The first-order chi connectivity index (χ1) is 8.26. The van der Waals surface area contributed by atoms with Gasteiger partial charge in [0.2, 0.25) is 0 Å². The third-order valence-electron chi connectivity index (χ3n) is 2.56. The highest BCUT2D eigenvalue weighted by Gasteiger charge is 2.16. The lowest BCUT2D eigenvalue weighted by Crippen LogP contribution is -2.01. The van der Waals surface area contributed by atoms with Crippen LogP contribution >= 0.6 is 0 Å². The molecule has 0 heterocycles. The van der Waals surface area contributed by atoms with E-state index in [9.17, 15) is 0 Å². The lowest BCUT2D eigenvalue weighted by Gasteiger charge is -2.15. The average Bonchev–Trinajstić information content (AvgIpc) is 2.37. The fraction of sp³-hybridized carbons (Fsp3) is 0.385. The van der Waals surface area contributed by atoms with Gasteiger partial charge in [-0.2, -0.15) is 10.5 Å². The van der Waals surface area contributed by atoms with Crippen LogP contribution in [0.4, 0.5) is 0 Å². The van der Waals surface area contributed by atoms with Gasteiger partial charge in [-0.1, -0.05) is 6.07 Å². The molecule has 0 atom stereocenters. The molecule has 4 nitrogen and oxygen atoms in total. The number of hydrogen-bond acceptors (Lipinski definition) is 4. The van der Waals surface area contributed by atoms with Crippen molar-refractivity contribution in [3.8, 4) is 23.6 Å². The smallest absolute Gasteiger partial charge is 0.126 e. The van der Waals surface area contributed by atoms with Gasteiger partial charge in [0.25, 0.3) is 0 Å². The molecule has 1 aromatic carbocycles. The summed E-state index contributed by atoms with van der Waals surface area (Å²) < 4.78 is 10.4. The van der Waals surface area contributed by atoms with Crippen LogP contribution in [0.15, 0.2) is 18.2 Å². The van der Waals surface area contributed by atoms with Gasteiger partial charge in [-0.3, -0.25) is 0 Å². The molecule has 0 fully saturated rings. The van der Waals surface area contributed by atoms with E-state index in [0.717, 1.165) is 5.56 Å². The maximum absolute atomic E-state index is 8.76. The molecule has 0 unspecified atom stereocenters. The lowest BCUT2D eigenvalue weighted by atomic mass is 9.92. The first kappa shape index (κ1) is 12.9. The highest BCUT2D eigenvalue weighted by atomic mass is 16.5. The summed E-state index contributed by atoms with van der Waals surface area (Å²) in [4.78, 5) is 0. The Kier molecular flexibility index (Phi) is 4.84. The van der Waals surface area contributed by atoms with Crippen molar-refractivity contribution < 1.29 is 9.47 Å². The zero-order valence-corrected chi connectivity index (χ0v) is 9.93. The van der Waals surface area contributed by atoms with Crippen LogP contribution in [-0.4, -0.2) is 14.2 Å². The molecule has 0 N–H and O–H groups in total. The van der Waals surface area contributed by atoms with Crippen molar-refractivity contribution in [2.45, 2.75) is 18.8 Å². The minimum atomic E-state index is -0.120. The molecule has 0 bridgehead atoms. The molecule has 0 aliphatic heterocycles. The number of ether oxygens (including phenoxy) is 2. The van der Waals surface area contributed by atoms with Crippen molar-refractivity contribution >= 4 is 0 Å². The molecular weight excluding hydrogens is 216 g/mol. The van der Waals surface area contributed by atoms with Gasteiger partial charge in [0.05, 0.1) is 26.4 Å². The van der Waals surface area contributed by atoms with Crippen LogP contribution in [-0.2, 0) is 0 Å². The van der Waals surface area contributed by atoms with E-state index >= 15 is 0 Å². The molecule has 0 saturated carbocycles. The Morgan fingerprint density at radius 2 is 1.76 bits per heavy atom. The predicted molar refractivity (Wildman–Crippen MR) is 62.7 cm³/mol. The molecular formula is C13H14N2O2. The standard InChI is InChI=1S/C13H14N2O2/c1-16-11-3-4-12(13(9-11)17-2)10(5-7-14)6-8-15/h3-4,9-10H,5-6H2,1-2H3. The lowest BCUT2D eigenvalue weighted by molar-refractivity contribution is 0.388. The molecule has 0 aromatic heterocycles. The molecule has 4 heteroatoms. The molecule has 0 radical (unpaired) electrons. The fourth-order valence-corrected chi connectivity index (χ4v) is 1.67. The monoisotopic (exact) mass is 230 g/mol. The summed E-state index contributed by atoms with van der Waals surface area (Å²) in [5.74, 6) is 1.23. The third kappa shape index (κ3) is 3.12. The van der Waals surface area contributed by atoms with E-state index in [1.54, 1.807) is 26.4 Å². The quantitative estimate of drug-likeness (QED) is 0.779. The van der Waals surface area contributed by atoms with Gasteiger partial charge in [0.15, 0.2) is 0 Å². The third-order valence-corrected chi connectivity index (χ3v) is 2.56. The maximum atomic E-state index is 8.76. The van der Waals surface area contributed by atoms with E-state index in [1.165, 1.54) is 0 Å². The Balaban J connectivity index is 3.10. The Hall–Kier alpha value is -2.20. The summed E-state index contributed by atoms with van der Waals surface area (Å²) in [6.45, 7) is 0. The van der Waals surface area contributed by atoms with Crippen molar-refractivity contribution in [1.82, 2.24) is 0 Å². The minimum absolute atomic E-state index is 0.120. The molecule has 0 amide bonds. The average molecular weight is 230 g/mol. The first-order valence-electron chi connectivity index (χ1n) is 5.22. The van der Waals surface area contributed by atoms with Gasteiger partial charge in [0, 0.05) is 24.8 Å². The van der Waals surface area contributed by atoms with E-state index in [2.05, 4.69) is 12.1 Å².